The smallest absolute Gasteiger partial charge is 0.353 e. The first-order chi connectivity index (χ1) is 18.4. The quantitative estimate of drug-likeness (QED) is 0.100. The number of carboxylic acids is 1. The molecule has 3 saturated heterocycles. The Bertz CT molecular complexity index is 1120. The number of nitrogens with zero attached hydrogens (tertiary/aromatic N) is 3. The lowest BCUT2D eigenvalue weighted by Crippen LogP contribution is -2.66. The average Bonchev–Trinajstić information content (AvgIpc) is 3.56. The lowest BCUT2D eigenvalue weighted by atomic mass is 9.78. The van der Waals surface area contributed by atoms with E-state index >= 15 is 0 Å². The number of carbonyl (C=O) groups excluding carboxylic acids is 4. The maximum Gasteiger partial charge on any atom is 0.353 e. The summed E-state index contributed by atoms with van der Waals surface area (Å²) in [6.45, 7) is 6.30. The van der Waals surface area contributed by atoms with Crippen molar-refractivity contribution in [2.24, 2.45) is 28.3 Å². The third kappa shape index (κ3) is 5.83. The standard InChI is InChI=1S/C24H36N8O6S/c1-10-18-17(11(2)29-12(3)33)22(36)32(18)19(23(37)38)20(10)39-14-6-15(27-7-14)21(35)31-5-4-13(9-31)30-16(34)8-28-24(25)26/h10-11,13-15,17-18,27H,4-9H2,1-3H3,(H,29,33)(H,30,34)(H,37,38)(H4,25,26,28)/t10-,11-,13+,14+,15+,17-,18-/m1/s1. The number of hydrogen-bond donors (Lipinski definition) is 6. The van der Waals surface area contributed by atoms with E-state index in [1.807, 2.05) is 6.92 Å². The summed E-state index contributed by atoms with van der Waals surface area (Å²) in [5.41, 5.74) is 10.5. The van der Waals surface area contributed by atoms with Crippen LogP contribution in [0.3, 0.4) is 0 Å². The molecule has 0 aromatic carbocycles. The van der Waals surface area contributed by atoms with Gasteiger partial charge in [0.15, 0.2) is 5.96 Å². The van der Waals surface area contributed by atoms with Gasteiger partial charge >= 0.3 is 5.97 Å². The number of carboxylic acid groups (broad SMARTS) is 1. The van der Waals surface area contributed by atoms with Crippen molar-refractivity contribution in [3.8, 4) is 0 Å². The van der Waals surface area contributed by atoms with Gasteiger partial charge in [-0.25, -0.2) is 9.79 Å². The van der Waals surface area contributed by atoms with Gasteiger partial charge in [-0.2, -0.15) is 0 Å². The number of hydrogen-bond acceptors (Lipinski definition) is 8. The van der Waals surface area contributed by atoms with Gasteiger partial charge in [-0.05, 0) is 19.8 Å². The molecular weight excluding hydrogens is 528 g/mol. The van der Waals surface area contributed by atoms with E-state index in [1.54, 1.807) is 11.8 Å². The highest BCUT2D eigenvalue weighted by atomic mass is 32.2. The molecule has 39 heavy (non-hydrogen) atoms. The lowest BCUT2D eigenvalue weighted by Gasteiger charge is -2.47. The Hall–Kier alpha value is -3.33. The molecule has 214 valence electrons. The number of fused-ring (bicyclic) bond motifs is 1. The monoisotopic (exact) mass is 564 g/mol. The summed E-state index contributed by atoms with van der Waals surface area (Å²) in [6.07, 6.45) is 1.13. The molecule has 4 aliphatic rings. The molecule has 4 rings (SSSR count). The van der Waals surface area contributed by atoms with Crippen LogP contribution in [0.1, 0.15) is 33.6 Å². The number of nitrogens with two attached hydrogens (primary N) is 2. The molecule has 0 unspecified atom stereocenters. The Morgan fingerprint density at radius 1 is 1.28 bits per heavy atom. The van der Waals surface area contributed by atoms with Crippen LogP contribution >= 0.6 is 11.8 Å². The molecular formula is C24H36N8O6S. The van der Waals surface area contributed by atoms with E-state index in [0.29, 0.717) is 37.4 Å². The Morgan fingerprint density at radius 3 is 2.64 bits per heavy atom. The van der Waals surface area contributed by atoms with Crippen molar-refractivity contribution in [1.82, 2.24) is 25.8 Å². The van der Waals surface area contributed by atoms with Gasteiger partial charge < -0.3 is 42.3 Å². The first kappa shape index (κ1) is 28.7. The van der Waals surface area contributed by atoms with Crippen molar-refractivity contribution in [2.45, 2.75) is 63.0 Å². The second-order valence-corrected chi connectivity index (χ2v) is 11.9. The Morgan fingerprint density at radius 2 is 2.00 bits per heavy atom. The van der Waals surface area contributed by atoms with Gasteiger partial charge in [-0.1, -0.05) is 6.92 Å². The van der Waals surface area contributed by atoms with Gasteiger partial charge in [0.25, 0.3) is 0 Å². The summed E-state index contributed by atoms with van der Waals surface area (Å²) in [5, 5.41) is 18.8. The summed E-state index contributed by atoms with van der Waals surface area (Å²) < 4.78 is 0. The van der Waals surface area contributed by atoms with Crippen LogP contribution in [0.4, 0.5) is 0 Å². The number of amides is 4. The van der Waals surface area contributed by atoms with Crippen molar-refractivity contribution in [2.75, 3.05) is 26.2 Å². The van der Waals surface area contributed by atoms with Crippen LogP contribution in [0, 0.1) is 11.8 Å². The number of aliphatic carboxylic acids is 1. The zero-order valence-corrected chi connectivity index (χ0v) is 23.0. The van der Waals surface area contributed by atoms with Crippen molar-refractivity contribution in [3.05, 3.63) is 10.6 Å². The van der Waals surface area contributed by atoms with Crippen LogP contribution in [-0.4, -0.2) is 106 Å². The van der Waals surface area contributed by atoms with Gasteiger partial charge in [-0.3, -0.25) is 19.2 Å². The number of likely N-dealkylation sites (tertiary alicyclic amines) is 1. The van der Waals surface area contributed by atoms with E-state index in [4.69, 9.17) is 11.5 Å². The minimum absolute atomic E-state index is 0.00223. The molecule has 15 heteroatoms. The molecule has 4 heterocycles. The molecule has 7 atom stereocenters. The topological polar surface area (TPSA) is 213 Å². The zero-order valence-electron chi connectivity index (χ0n) is 22.2. The highest BCUT2D eigenvalue weighted by Crippen LogP contribution is 2.51. The molecule has 14 nitrogen and oxygen atoms in total. The minimum atomic E-state index is -1.16. The Balaban J connectivity index is 1.34. The third-order valence-electron chi connectivity index (χ3n) is 7.71. The number of β-lactam (4-membered cyclic amide) rings is 1. The molecule has 4 amide bonds. The third-order valence-corrected chi connectivity index (χ3v) is 9.23. The maximum atomic E-state index is 13.2. The molecule has 0 radical (unpaired) electrons. The maximum absolute atomic E-state index is 13.2. The van der Waals surface area contributed by atoms with Gasteiger partial charge in [0.2, 0.25) is 23.6 Å². The van der Waals surface area contributed by atoms with E-state index in [0.717, 1.165) is 0 Å². The fourth-order valence-electron chi connectivity index (χ4n) is 6.00. The molecule has 0 aromatic heterocycles. The van der Waals surface area contributed by atoms with Crippen LogP contribution < -0.4 is 27.4 Å². The predicted molar refractivity (Wildman–Crippen MR) is 143 cm³/mol. The summed E-state index contributed by atoms with van der Waals surface area (Å²) in [6, 6.07) is -1.34. The molecule has 4 aliphatic heterocycles. The largest absolute Gasteiger partial charge is 0.477 e. The number of thioether (sulfide) groups is 1. The Labute approximate surface area is 230 Å². The van der Waals surface area contributed by atoms with Gasteiger partial charge in [0, 0.05) is 54.7 Å². The predicted octanol–water partition coefficient (Wildman–Crippen LogP) is -2.26. The number of carbonyl (C=O) groups is 5. The summed E-state index contributed by atoms with van der Waals surface area (Å²) in [4.78, 5) is 69.2. The lowest BCUT2D eigenvalue weighted by molar-refractivity contribution is -0.158. The van der Waals surface area contributed by atoms with Crippen molar-refractivity contribution in [1.29, 1.82) is 0 Å². The summed E-state index contributed by atoms with van der Waals surface area (Å²) >= 11 is 1.41. The molecule has 0 bridgehead atoms. The first-order valence-electron chi connectivity index (χ1n) is 13.0. The van der Waals surface area contributed by atoms with Crippen molar-refractivity contribution >= 4 is 47.3 Å². The van der Waals surface area contributed by atoms with E-state index < -0.39 is 24.0 Å². The molecule has 0 spiro atoms. The molecule has 8 N–H and O–H groups in total. The number of aliphatic imine (C=N–C) groups is 1. The fraction of sp³-hybridized carbons (Fsp3) is 0.667. The number of nitrogens with one attached hydrogen (secondary N) is 3. The number of rotatable bonds is 9. The van der Waals surface area contributed by atoms with Crippen LogP contribution in [0.5, 0.6) is 0 Å². The second kappa shape index (κ2) is 11.4. The minimum Gasteiger partial charge on any atom is -0.477 e. The Kier molecular flexibility index (Phi) is 8.39. The molecule has 3 fully saturated rings. The molecule has 0 saturated carbocycles. The highest BCUT2D eigenvalue weighted by Gasteiger charge is 2.60. The molecule has 0 aliphatic carbocycles. The normalized spacial score (nSPS) is 30.5. The van der Waals surface area contributed by atoms with Crippen LogP contribution in [0.15, 0.2) is 15.6 Å². The van der Waals surface area contributed by atoms with Gasteiger partial charge in [0.1, 0.15) is 12.2 Å². The van der Waals surface area contributed by atoms with E-state index in [9.17, 15) is 29.1 Å². The first-order valence-corrected chi connectivity index (χ1v) is 13.9. The van der Waals surface area contributed by atoms with Crippen molar-refractivity contribution < 1.29 is 29.1 Å². The van der Waals surface area contributed by atoms with Gasteiger partial charge in [0.05, 0.1) is 18.0 Å². The van der Waals surface area contributed by atoms with Gasteiger partial charge in [-0.15, -0.1) is 11.8 Å². The van der Waals surface area contributed by atoms with Crippen LogP contribution in [0.25, 0.3) is 0 Å². The number of guanidine groups is 1. The SMILES string of the molecule is CC(=O)N[C@H](C)[C@H]1C(=O)N2C(C(=O)O)=C(S[C@@H]3CN[C@H](C(=O)N4CC[C@H](NC(=O)CN=C(N)N)C4)C3)[C@H](C)[C@H]12. The average molecular weight is 565 g/mol. The van der Waals surface area contributed by atoms with E-state index in [1.165, 1.54) is 23.6 Å². The molecule has 0 aromatic rings. The second-order valence-electron chi connectivity index (χ2n) is 10.5. The zero-order chi connectivity index (χ0) is 28.6. The fourth-order valence-corrected chi connectivity index (χ4v) is 7.48. The van der Waals surface area contributed by atoms with E-state index in [-0.39, 0.29) is 65.1 Å². The highest BCUT2D eigenvalue weighted by molar-refractivity contribution is 8.03. The van der Waals surface area contributed by atoms with Crippen molar-refractivity contribution in [3.63, 3.8) is 0 Å². The van der Waals surface area contributed by atoms with Crippen LogP contribution in [0.2, 0.25) is 0 Å². The summed E-state index contributed by atoms with van der Waals surface area (Å²) in [7, 11) is 0. The van der Waals surface area contributed by atoms with E-state index in [2.05, 4.69) is 20.9 Å². The van der Waals surface area contributed by atoms with Crippen LogP contribution in [-0.2, 0) is 24.0 Å². The summed E-state index contributed by atoms with van der Waals surface area (Å²) in [5.74, 6) is -2.94.